The topological polar surface area (TPSA) is 55.8 Å². The van der Waals surface area contributed by atoms with Crippen molar-refractivity contribution in [1.29, 1.82) is 0 Å². The molecule has 2 aliphatic rings. The number of aliphatic hydroxyl groups is 1. The minimum atomic E-state index is -1.15. The van der Waals surface area contributed by atoms with Crippen LogP contribution in [0.1, 0.15) is 42.3 Å². The summed E-state index contributed by atoms with van der Waals surface area (Å²) >= 11 is 0. The van der Waals surface area contributed by atoms with Gasteiger partial charge in [-0.2, -0.15) is 0 Å². The Morgan fingerprint density at radius 3 is 2.79 bits per heavy atom. The number of carbonyl (C=O) groups excluding carboxylic acids is 1. The van der Waals surface area contributed by atoms with E-state index in [-0.39, 0.29) is 12.4 Å². The van der Waals surface area contributed by atoms with Crippen molar-refractivity contribution in [2.24, 2.45) is 0 Å². The Balaban J connectivity index is 2.11. The van der Waals surface area contributed by atoms with Gasteiger partial charge in [0.25, 0.3) is 0 Å². The number of hydrogen-bond donors (Lipinski definition) is 1. The molecule has 4 heteroatoms. The van der Waals surface area contributed by atoms with Crippen LogP contribution in [0.5, 0.6) is 5.75 Å². The lowest BCUT2D eigenvalue weighted by Crippen LogP contribution is -2.34. The minimum absolute atomic E-state index is 0.0740. The Kier molecular flexibility index (Phi) is 2.56. The van der Waals surface area contributed by atoms with Crippen molar-refractivity contribution < 1.29 is 19.4 Å². The first kappa shape index (κ1) is 12.4. The summed E-state index contributed by atoms with van der Waals surface area (Å²) in [6.07, 6.45) is 0.400. The first-order valence-electron chi connectivity index (χ1n) is 6.30. The summed E-state index contributed by atoms with van der Waals surface area (Å²) < 4.78 is 11.1. The van der Waals surface area contributed by atoms with Crippen LogP contribution in [-0.2, 0) is 17.8 Å². The Morgan fingerprint density at radius 1 is 1.37 bits per heavy atom. The normalized spacial score (nSPS) is 24.8. The molecule has 1 aromatic rings. The van der Waals surface area contributed by atoms with Crippen LogP contribution in [0.25, 0.3) is 0 Å². The van der Waals surface area contributed by atoms with E-state index in [1.165, 1.54) is 0 Å². The fourth-order valence-corrected chi connectivity index (χ4v) is 2.52. The van der Waals surface area contributed by atoms with Crippen molar-refractivity contribution in [3.05, 3.63) is 40.2 Å². The number of Topliss-reactive ketones (excluding diaryl/α,β-unsaturated/α-hetero) is 1. The van der Waals surface area contributed by atoms with Gasteiger partial charge >= 0.3 is 0 Å². The summed E-state index contributed by atoms with van der Waals surface area (Å²) in [6.45, 7) is 5.60. The lowest BCUT2D eigenvalue weighted by Gasteiger charge is -2.30. The predicted octanol–water partition coefficient (Wildman–Crippen LogP) is 2.34. The highest BCUT2D eigenvalue weighted by atomic mass is 16.6. The highest BCUT2D eigenvalue weighted by Crippen LogP contribution is 2.40. The third-order valence-corrected chi connectivity index (χ3v) is 3.51. The second-order valence-electron chi connectivity index (χ2n) is 5.48. The number of fused-ring (bicyclic) bond motifs is 3. The molecule has 0 amide bonds. The molecule has 3 rings (SSSR count). The molecule has 0 unspecified atom stereocenters. The predicted molar refractivity (Wildman–Crippen MR) is 68.9 cm³/mol. The number of carbonyl (C=O) groups is 1. The Bertz CT molecular complexity index is 607. The van der Waals surface area contributed by atoms with Gasteiger partial charge in [0, 0.05) is 12.0 Å². The van der Waals surface area contributed by atoms with Crippen molar-refractivity contribution in [2.75, 3.05) is 0 Å². The molecule has 0 radical (unpaired) electrons. The van der Waals surface area contributed by atoms with Crippen LogP contribution in [0.3, 0.4) is 0 Å². The average Bonchev–Trinajstić information content (AvgIpc) is 2.65. The second-order valence-corrected chi connectivity index (χ2v) is 5.48. The molecule has 0 saturated carbocycles. The first-order chi connectivity index (χ1) is 8.89. The van der Waals surface area contributed by atoms with E-state index < -0.39 is 5.79 Å². The maximum absolute atomic E-state index is 12.2. The van der Waals surface area contributed by atoms with Gasteiger partial charge in [-0.05, 0) is 38.0 Å². The molecule has 19 heavy (non-hydrogen) atoms. The smallest absolute Gasteiger partial charge is 0.231 e. The molecule has 0 spiro atoms. The fraction of sp³-hybridized carbons (Fsp3) is 0.400. The number of hydrogen-bond acceptors (Lipinski definition) is 4. The summed E-state index contributed by atoms with van der Waals surface area (Å²) in [5.74, 6) is -0.228. The molecule has 0 bridgehead atoms. The summed E-state index contributed by atoms with van der Waals surface area (Å²) in [7, 11) is 0. The van der Waals surface area contributed by atoms with E-state index >= 15 is 0 Å². The molecule has 100 valence electrons. The Labute approximate surface area is 111 Å². The molecular formula is C15H16O4. The minimum Gasteiger partial charge on any atom is -0.452 e. The lowest BCUT2D eigenvalue weighted by atomic mass is 9.94. The maximum Gasteiger partial charge on any atom is 0.231 e. The standard InChI is InChI=1S/C15H16O4/c1-8(2)13-12(16)10-5-4-9-6-15(3,17)18-7-11(9)14(10)19-13/h4-5,17H,6-7H2,1-3H3/t15-/m1/s1. The van der Waals surface area contributed by atoms with Gasteiger partial charge in [0.1, 0.15) is 5.75 Å². The van der Waals surface area contributed by atoms with Crippen LogP contribution in [-0.4, -0.2) is 16.7 Å². The van der Waals surface area contributed by atoms with E-state index in [1.807, 2.05) is 19.9 Å². The number of ketones is 1. The number of allylic oxidation sites excluding steroid dienone is 2. The van der Waals surface area contributed by atoms with Gasteiger partial charge in [0.2, 0.25) is 5.78 Å². The van der Waals surface area contributed by atoms with Crippen molar-refractivity contribution in [1.82, 2.24) is 0 Å². The average molecular weight is 260 g/mol. The van der Waals surface area contributed by atoms with Crippen molar-refractivity contribution in [2.45, 2.75) is 39.6 Å². The number of rotatable bonds is 0. The summed E-state index contributed by atoms with van der Waals surface area (Å²) in [4.78, 5) is 12.2. The van der Waals surface area contributed by atoms with E-state index in [0.29, 0.717) is 23.5 Å². The molecule has 1 atom stereocenters. The molecule has 2 heterocycles. The Morgan fingerprint density at radius 2 is 2.11 bits per heavy atom. The molecule has 0 saturated heterocycles. The first-order valence-corrected chi connectivity index (χ1v) is 6.30. The lowest BCUT2D eigenvalue weighted by molar-refractivity contribution is -0.204. The van der Waals surface area contributed by atoms with Gasteiger partial charge in [-0.25, -0.2) is 0 Å². The molecule has 0 fully saturated rings. The van der Waals surface area contributed by atoms with Crippen molar-refractivity contribution >= 4 is 5.78 Å². The van der Waals surface area contributed by atoms with Gasteiger partial charge in [-0.3, -0.25) is 4.79 Å². The Hall–Kier alpha value is -1.65. The van der Waals surface area contributed by atoms with Crippen LogP contribution < -0.4 is 4.74 Å². The zero-order chi connectivity index (χ0) is 13.8. The fourth-order valence-electron chi connectivity index (χ4n) is 2.52. The molecular weight excluding hydrogens is 244 g/mol. The van der Waals surface area contributed by atoms with Crippen LogP contribution in [0.15, 0.2) is 23.5 Å². The highest BCUT2D eigenvalue weighted by molar-refractivity contribution is 6.13. The van der Waals surface area contributed by atoms with Crippen molar-refractivity contribution in [3.63, 3.8) is 0 Å². The quantitative estimate of drug-likeness (QED) is 0.727. The largest absolute Gasteiger partial charge is 0.452 e. The van der Waals surface area contributed by atoms with E-state index in [2.05, 4.69) is 0 Å². The van der Waals surface area contributed by atoms with E-state index in [4.69, 9.17) is 9.47 Å². The van der Waals surface area contributed by atoms with E-state index in [1.54, 1.807) is 13.0 Å². The second kappa shape index (κ2) is 3.92. The van der Waals surface area contributed by atoms with Gasteiger partial charge in [-0.15, -0.1) is 0 Å². The number of benzene rings is 1. The molecule has 4 nitrogen and oxygen atoms in total. The summed E-state index contributed by atoms with van der Waals surface area (Å²) in [5.41, 5.74) is 3.28. The molecule has 0 aromatic heterocycles. The van der Waals surface area contributed by atoms with Gasteiger partial charge < -0.3 is 14.6 Å². The van der Waals surface area contributed by atoms with Gasteiger partial charge in [0.05, 0.1) is 12.2 Å². The van der Waals surface area contributed by atoms with Crippen LogP contribution >= 0.6 is 0 Å². The highest BCUT2D eigenvalue weighted by Gasteiger charge is 2.36. The monoisotopic (exact) mass is 260 g/mol. The zero-order valence-corrected chi connectivity index (χ0v) is 11.2. The third kappa shape index (κ3) is 1.88. The SMILES string of the molecule is CC(C)=C1Oc2c(ccc3c2CO[C@@](C)(O)C3)C1=O. The zero-order valence-electron chi connectivity index (χ0n) is 11.2. The van der Waals surface area contributed by atoms with E-state index in [0.717, 1.165) is 16.7 Å². The van der Waals surface area contributed by atoms with E-state index in [9.17, 15) is 9.90 Å². The maximum atomic E-state index is 12.2. The molecule has 0 aliphatic carbocycles. The number of ether oxygens (including phenoxy) is 2. The van der Waals surface area contributed by atoms with Gasteiger partial charge in [0.15, 0.2) is 11.5 Å². The summed E-state index contributed by atoms with van der Waals surface area (Å²) in [6, 6.07) is 3.65. The molecule has 1 N–H and O–H groups in total. The van der Waals surface area contributed by atoms with Gasteiger partial charge in [-0.1, -0.05) is 6.07 Å². The third-order valence-electron chi connectivity index (χ3n) is 3.51. The van der Waals surface area contributed by atoms with Crippen LogP contribution in [0.2, 0.25) is 0 Å². The summed E-state index contributed by atoms with van der Waals surface area (Å²) in [5, 5.41) is 9.92. The van der Waals surface area contributed by atoms with Crippen LogP contribution in [0, 0.1) is 0 Å². The molecule has 2 aliphatic heterocycles. The molecule has 1 aromatic carbocycles. The van der Waals surface area contributed by atoms with Crippen LogP contribution in [0.4, 0.5) is 0 Å². The van der Waals surface area contributed by atoms with Crippen molar-refractivity contribution in [3.8, 4) is 5.75 Å².